The van der Waals surface area contributed by atoms with E-state index in [1.54, 1.807) is 43.3 Å². The number of nitrogens with zero attached hydrogens (tertiary/aromatic N) is 1. The van der Waals surface area contributed by atoms with Crippen molar-refractivity contribution in [1.82, 2.24) is 4.31 Å². The fourth-order valence-electron chi connectivity index (χ4n) is 4.08. The number of carbonyl (C=O) groups excluding carboxylic acids is 2. The molecular formula is C26H34N2O6S. The molecule has 3 rings (SSSR count). The predicted octanol–water partition coefficient (Wildman–Crippen LogP) is 3.96. The van der Waals surface area contributed by atoms with Crippen LogP contribution in [-0.2, 0) is 30.8 Å². The number of piperidine rings is 1. The largest absolute Gasteiger partial charge is 0.495 e. The smallest absolute Gasteiger partial charge is 0.310 e. The number of benzene rings is 2. The molecule has 2 aromatic carbocycles. The summed E-state index contributed by atoms with van der Waals surface area (Å²) < 4.78 is 38.5. The Balaban J connectivity index is 1.61. The highest BCUT2D eigenvalue weighted by Gasteiger charge is 2.34. The van der Waals surface area contributed by atoms with Crippen LogP contribution in [-0.4, -0.2) is 51.4 Å². The van der Waals surface area contributed by atoms with Crippen LogP contribution in [0.2, 0.25) is 0 Å². The number of ether oxygens (including phenoxy) is 2. The normalized spacial score (nSPS) is 15.1. The molecule has 0 unspecified atom stereocenters. The van der Waals surface area contributed by atoms with Crippen LogP contribution in [0.5, 0.6) is 5.75 Å². The SMILES string of the molecule is CCOC(=O)Cc1ccc(NC(=O)C2CCN(S(=O)(=O)c3cc(C(C)C)ccc3OC)CC2)cc1. The van der Waals surface area contributed by atoms with Crippen molar-refractivity contribution in [2.45, 2.75) is 50.8 Å². The van der Waals surface area contributed by atoms with E-state index < -0.39 is 10.0 Å². The highest BCUT2D eigenvalue weighted by molar-refractivity contribution is 7.89. The van der Waals surface area contributed by atoms with Gasteiger partial charge in [0.1, 0.15) is 10.6 Å². The van der Waals surface area contributed by atoms with Crippen LogP contribution in [0.4, 0.5) is 5.69 Å². The number of rotatable bonds is 9. The molecule has 0 aliphatic carbocycles. The van der Waals surface area contributed by atoms with E-state index in [4.69, 9.17) is 9.47 Å². The second-order valence-corrected chi connectivity index (χ2v) is 10.8. The number of methoxy groups -OCH3 is 1. The molecule has 1 saturated heterocycles. The van der Waals surface area contributed by atoms with Gasteiger partial charge in [-0.05, 0) is 61.1 Å². The molecule has 35 heavy (non-hydrogen) atoms. The Hall–Kier alpha value is -2.91. The van der Waals surface area contributed by atoms with Crippen LogP contribution < -0.4 is 10.1 Å². The lowest BCUT2D eigenvalue weighted by Gasteiger charge is -2.31. The zero-order valence-corrected chi connectivity index (χ0v) is 21.6. The Bertz CT molecular complexity index is 1140. The van der Waals surface area contributed by atoms with Gasteiger partial charge in [0.15, 0.2) is 0 Å². The second-order valence-electron chi connectivity index (χ2n) is 8.91. The zero-order valence-electron chi connectivity index (χ0n) is 20.7. The summed E-state index contributed by atoms with van der Waals surface area (Å²) in [6, 6.07) is 12.3. The Labute approximate surface area is 207 Å². The van der Waals surface area contributed by atoms with Gasteiger partial charge in [0.2, 0.25) is 15.9 Å². The lowest BCUT2D eigenvalue weighted by atomic mass is 9.97. The fraction of sp³-hybridized carbons (Fsp3) is 0.462. The van der Waals surface area contributed by atoms with Crippen molar-refractivity contribution in [2.24, 2.45) is 5.92 Å². The van der Waals surface area contributed by atoms with Gasteiger partial charge in [-0.15, -0.1) is 0 Å². The minimum Gasteiger partial charge on any atom is -0.495 e. The van der Waals surface area contributed by atoms with Crippen LogP contribution >= 0.6 is 0 Å². The highest BCUT2D eigenvalue weighted by Crippen LogP contribution is 2.32. The summed E-state index contributed by atoms with van der Waals surface area (Å²) in [4.78, 5) is 24.6. The van der Waals surface area contributed by atoms with E-state index in [1.807, 2.05) is 19.9 Å². The van der Waals surface area contributed by atoms with Crippen LogP contribution in [0.25, 0.3) is 0 Å². The minimum absolute atomic E-state index is 0.139. The maximum atomic E-state index is 13.4. The molecule has 8 nitrogen and oxygen atoms in total. The Kier molecular flexibility index (Phi) is 8.91. The molecule has 1 fully saturated rings. The highest BCUT2D eigenvalue weighted by atomic mass is 32.2. The van der Waals surface area contributed by atoms with Crippen molar-refractivity contribution in [2.75, 3.05) is 32.1 Å². The molecule has 0 bridgehead atoms. The Morgan fingerprint density at radius 3 is 2.31 bits per heavy atom. The molecule has 1 heterocycles. The summed E-state index contributed by atoms with van der Waals surface area (Å²) in [5.41, 5.74) is 2.36. The molecule has 2 aromatic rings. The number of sulfonamides is 1. The summed E-state index contributed by atoms with van der Waals surface area (Å²) in [5, 5.41) is 2.90. The van der Waals surface area contributed by atoms with Crippen LogP contribution in [0, 0.1) is 5.92 Å². The van der Waals surface area contributed by atoms with Crippen molar-refractivity contribution < 1.29 is 27.5 Å². The molecule has 9 heteroatoms. The average molecular weight is 503 g/mol. The van der Waals surface area contributed by atoms with Gasteiger partial charge < -0.3 is 14.8 Å². The van der Waals surface area contributed by atoms with Crippen LogP contribution in [0.1, 0.15) is 50.7 Å². The van der Waals surface area contributed by atoms with Crippen LogP contribution in [0.15, 0.2) is 47.4 Å². The van der Waals surface area contributed by atoms with Crippen molar-refractivity contribution in [3.63, 3.8) is 0 Å². The molecule has 1 amide bonds. The number of hydrogen-bond donors (Lipinski definition) is 1. The number of amides is 1. The third-order valence-corrected chi connectivity index (χ3v) is 8.09. The van der Waals surface area contributed by atoms with Gasteiger partial charge >= 0.3 is 5.97 Å². The predicted molar refractivity (Wildman–Crippen MR) is 134 cm³/mol. The quantitative estimate of drug-likeness (QED) is 0.521. The van der Waals surface area contributed by atoms with Gasteiger partial charge in [-0.25, -0.2) is 8.42 Å². The van der Waals surface area contributed by atoms with Crippen LogP contribution in [0.3, 0.4) is 0 Å². The van der Waals surface area contributed by atoms with Gasteiger partial charge in [-0.2, -0.15) is 4.31 Å². The van der Waals surface area contributed by atoms with Gasteiger partial charge in [0.05, 0.1) is 20.1 Å². The first-order chi connectivity index (χ1) is 16.6. The standard InChI is InChI=1S/C26H34N2O6S/c1-5-34-25(29)16-19-6-9-22(10-7-19)27-26(30)20-12-14-28(15-13-20)35(31,32)24-17-21(18(2)3)8-11-23(24)33-4/h6-11,17-18,20H,5,12-16H2,1-4H3,(H,27,30). The maximum Gasteiger partial charge on any atom is 0.310 e. The van der Waals surface area contributed by atoms with E-state index in [0.717, 1.165) is 11.1 Å². The molecule has 0 atom stereocenters. The summed E-state index contributed by atoms with van der Waals surface area (Å²) >= 11 is 0. The Morgan fingerprint density at radius 1 is 1.09 bits per heavy atom. The van der Waals surface area contributed by atoms with Crippen molar-refractivity contribution in [3.05, 3.63) is 53.6 Å². The summed E-state index contributed by atoms with van der Waals surface area (Å²) in [6.45, 7) is 6.64. The van der Waals surface area contributed by atoms with Crippen molar-refractivity contribution in [3.8, 4) is 5.75 Å². The van der Waals surface area contributed by atoms with E-state index in [2.05, 4.69) is 5.32 Å². The van der Waals surface area contributed by atoms with E-state index in [-0.39, 0.29) is 48.1 Å². The first-order valence-corrected chi connectivity index (χ1v) is 13.3. The molecule has 1 aliphatic rings. The number of carbonyl (C=O) groups is 2. The minimum atomic E-state index is -3.75. The van der Waals surface area contributed by atoms with E-state index >= 15 is 0 Å². The van der Waals surface area contributed by atoms with Gasteiger partial charge in [-0.1, -0.05) is 32.0 Å². The van der Waals surface area contributed by atoms with Gasteiger partial charge in [-0.3, -0.25) is 9.59 Å². The third-order valence-electron chi connectivity index (χ3n) is 6.17. The molecular weight excluding hydrogens is 468 g/mol. The maximum absolute atomic E-state index is 13.4. The molecule has 1 aliphatic heterocycles. The van der Waals surface area contributed by atoms with E-state index in [9.17, 15) is 18.0 Å². The molecule has 1 N–H and O–H groups in total. The van der Waals surface area contributed by atoms with Gasteiger partial charge in [0, 0.05) is 24.7 Å². The number of hydrogen-bond acceptors (Lipinski definition) is 6. The summed E-state index contributed by atoms with van der Waals surface area (Å²) in [7, 11) is -2.29. The van der Waals surface area contributed by atoms with Gasteiger partial charge in [0.25, 0.3) is 0 Å². The monoisotopic (exact) mass is 502 g/mol. The average Bonchev–Trinajstić information content (AvgIpc) is 2.85. The third kappa shape index (κ3) is 6.61. The second kappa shape index (κ2) is 11.7. The molecule has 0 saturated carbocycles. The number of nitrogens with one attached hydrogen (secondary N) is 1. The molecule has 0 aromatic heterocycles. The lowest BCUT2D eigenvalue weighted by molar-refractivity contribution is -0.142. The number of anilines is 1. The topological polar surface area (TPSA) is 102 Å². The zero-order chi connectivity index (χ0) is 25.6. The first-order valence-electron chi connectivity index (χ1n) is 11.9. The molecule has 0 spiro atoms. The fourth-order valence-corrected chi connectivity index (χ4v) is 5.74. The Morgan fingerprint density at radius 2 is 1.74 bits per heavy atom. The van der Waals surface area contributed by atoms with Crippen molar-refractivity contribution in [1.29, 1.82) is 0 Å². The first kappa shape index (κ1) is 26.7. The molecule has 0 radical (unpaired) electrons. The molecule has 190 valence electrons. The number of esters is 1. The summed E-state index contributed by atoms with van der Waals surface area (Å²) in [6.07, 6.45) is 1.04. The van der Waals surface area contributed by atoms with E-state index in [0.29, 0.717) is 30.9 Å². The van der Waals surface area contributed by atoms with Crippen molar-refractivity contribution >= 4 is 27.6 Å². The summed E-state index contributed by atoms with van der Waals surface area (Å²) in [5.74, 6) is -0.215. The van der Waals surface area contributed by atoms with E-state index in [1.165, 1.54) is 11.4 Å². The lowest BCUT2D eigenvalue weighted by Crippen LogP contribution is -2.41.